The fourth-order valence-electron chi connectivity index (χ4n) is 1.71. The number of ether oxygens (including phenoxy) is 1. The molecule has 0 N–H and O–H groups in total. The minimum absolute atomic E-state index is 0.845. The number of fused-ring (bicyclic) bond motifs is 1. The Kier molecular flexibility index (Phi) is 2.82. The van der Waals surface area contributed by atoms with Crippen molar-refractivity contribution in [3.63, 3.8) is 0 Å². The first-order valence-corrected chi connectivity index (χ1v) is 5.82. The lowest BCUT2D eigenvalue weighted by atomic mass is 10.1. The predicted molar refractivity (Wildman–Crippen MR) is 70.5 cm³/mol. The average molecular weight is 313 g/mol. The largest absolute Gasteiger partial charge is 0.494 e. The van der Waals surface area contributed by atoms with Gasteiger partial charge in [0.1, 0.15) is 11.3 Å². The number of halogens is 1. The predicted octanol–water partition coefficient (Wildman–Crippen LogP) is 3.46. The van der Waals surface area contributed by atoms with E-state index in [1.807, 2.05) is 13.0 Å². The molecular formula is C12H12INO. The number of nitrogens with zero attached hydrogens (tertiary/aromatic N) is 1. The highest BCUT2D eigenvalue weighted by Crippen LogP contribution is 2.30. The van der Waals surface area contributed by atoms with Crippen LogP contribution in [-0.2, 0) is 0 Å². The SMILES string of the molecule is COc1ccc(C)c2c(I)cc(C)nc12. The van der Waals surface area contributed by atoms with E-state index in [9.17, 15) is 0 Å². The minimum atomic E-state index is 0.845. The van der Waals surface area contributed by atoms with Crippen LogP contribution in [-0.4, -0.2) is 12.1 Å². The zero-order chi connectivity index (χ0) is 11.0. The van der Waals surface area contributed by atoms with Crippen LogP contribution in [0.3, 0.4) is 0 Å². The Labute approximate surface area is 103 Å². The van der Waals surface area contributed by atoms with Crippen molar-refractivity contribution < 1.29 is 4.74 Å². The summed E-state index contributed by atoms with van der Waals surface area (Å²) in [5, 5.41) is 1.19. The molecule has 0 atom stereocenters. The third-order valence-electron chi connectivity index (χ3n) is 2.43. The van der Waals surface area contributed by atoms with Gasteiger partial charge in [0.25, 0.3) is 0 Å². The normalized spacial score (nSPS) is 10.7. The van der Waals surface area contributed by atoms with Crippen molar-refractivity contribution >= 4 is 33.5 Å². The third-order valence-corrected chi connectivity index (χ3v) is 3.28. The molecule has 0 saturated heterocycles. The van der Waals surface area contributed by atoms with Gasteiger partial charge < -0.3 is 4.74 Å². The lowest BCUT2D eigenvalue weighted by Crippen LogP contribution is -1.93. The van der Waals surface area contributed by atoms with Crippen LogP contribution >= 0.6 is 22.6 Å². The summed E-state index contributed by atoms with van der Waals surface area (Å²) < 4.78 is 6.55. The first kappa shape index (κ1) is 10.7. The van der Waals surface area contributed by atoms with Crippen molar-refractivity contribution in [1.82, 2.24) is 4.98 Å². The zero-order valence-electron chi connectivity index (χ0n) is 8.97. The van der Waals surface area contributed by atoms with E-state index in [2.05, 4.69) is 46.6 Å². The number of hydrogen-bond acceptors (Lipinski definition) is 2. The van der Waals surface area contributed by atoms with Crippen LogP contribution in [0.4, 0.5) is 0 Å². The number of rotatable bonds is 1. The molecule has 2 aromatic rings. The van der Waals surface area contributed by atoms with Gasteiger partial charge in [0, 0.05) is 14.7 Å². The molecule has 0 unspecified atom stereocenters. The van der Waals surface area contributed by atoms with Crippen molar-refractivity contribution in [2.24, 2.45) is 0 Å². The summed E-state index contributed by atoms with van der Waals surface area (Å²) in [4.78, 5) is 4.54. The highest BCUT2D eigenvalue weighted by molar-refractivity contribution is 14.1. The number of hydrogen-bond donors (Lipinski definition) is 0. The fraction of sp³-hybridized carbons (Fsp3) is 0.250. The number of benzene rings is 1. The van der Waals surface area contributed by atoms with E-state index in [0.717, 1.165) is 17.0 Å². The van der Waals surface area contributed by atoms with Gasteiger partial charge in [0.15, 0.2) is 0 Å². The average Bonchev–Trinajstić information content (AvgIpc) is 2.17. The maximum Gasteiger partial charge on any atom is 0.145 e. The quantitative estimate of drug-likeness (QED) is 0.752. The van der Waals surface area contributed by atoms with Gasteiger partial charge in [-0.3, -0.25) is 0 Å². The van der Waals surface area contributed by atoms with Crippen LogP contribution < -0.4 is 4.74 Å². The van der Waals surface area contributed by atoms with Crippen molar-refractivity contribution in [3.05, 3.63) is 33.0 Å². The van der Waals surface area contributed by atoms with Crippen molar-refractivity contribution in [3.8, 4) is 5.75 Å². The summed E-state index contributed by atoms with van der Waals surface area (Å²) in [5.74, 6) is 0.845. The Morgan fingerprint density at radius 2 is 2.00 bits per heavy atom. The maximum atomic E-state index is 5.33. The second-order valence-electron chi connectivity index (χ2n) is 3.55. The molecular weight excluding hydrogens is 301 g/mol. The molecule has 3 heteroatoms. The molecule has 0 saturated carbocycles. The molecule has 1 aromatic heterocycles. The Hall–Kier alpha value is -0.840. The summed E-state index contributed by atoms with van der Waals surface area (Å²) in [5.41, 5.74) is 3.22. The Balaban J connectivity index is 2.93. The maximum absolute atomic E-state index is 5.33. The molecule has 0 aliphatic rings. The molecule has 0 aliphatic carbocycles. The summed E-state index contributed by atoms with van der Waals surface area (Å²) in [6.07, 6.45) is 0. The number of pyridine rings is 1. The summed E-state index contributed by atoms with van der Waals surface area (Å²) in [6, 6.07) is 6.13. The van der Waals surface area contributed by atoms with Gasteiger partial charge in [-0.25, -0.2) is 4.98 Å². The van der Waals surface area contributed by atoms with Crippen molar-refractivity contribution in [2.45, 2.75) is 13.8 Å². The van der Waals surface area contributed by atoms with Gasteiger partial charge >= 0.3 is 0 Å². The molecule has 1 aromatic carbocycles. The molecule has 15 heavy (non-hydrogen) atoms. The molecule has 0 radical (unpaired) electrons. The van der Waals surface area contributed by atoms with Gasteiger partial charge in [-0.1, -0.05) is 6.07 Å². The molecule has 2 nitrogen and oxygen atoms in total. The standard InChI is InChI=1S/C12H12INO/c1-7-4-5-10(15-3)12-11(7)9(13)6-8(2)14-12/h4-6H,1-3H3. The van der Waals surface area contributed by atoms with Crippen LogP contribution in [0.15, 0.2) is 18.2 Å². The first-order valence-electron chi connectivity index (χ1n) is 4.74. The topological polar surface area (TPSA) is 22.1 Å². The van der Waals surface area contributed by atoms with E-state index in [4.69, 9.17) is 4.74 Å². The second kappa shape index (κ2) is 3.96. The molecule has 0 fully saturated rings. The van der Waals surface area contributed by atoms with Gasteiger partial charge in [-0.05, 0) is 54.1 Å². The van der Waals surface area contributed by atoms with E-state index >= 15 is 0 Å². The zero-order valence-corrected chi connectivity index (χ0v) is 11.1. The highest BCUT2D eigenvalue weighted by atomic mass is 127. The van der Waals surface area contributed by atoms with Crippen molar-refractivity contribution in [1.29, 1.82) is 0 Å². The molecule has 78 valence electrons. The smallest absolute Gasteiger partial charge is 0.145 e. The van der Waals surface area contributed by atoms with Crippen LogP contribution in [0, 0.1) is 17.4 Å². The van der Waals surface area contributed by atoms with E-state index in [1.165, 1.54) is 14.5 Å². The lowest BCUT2D eigenvalue weighted by Gasteiger charge is -2.09. The molecule has 0 spiro atoms. The van der Waals surface area contributed by atoms with E-state index < -0.39 is 0 Å². The van der Waals surface area contributed by atoms with Crippen LogP contribution in [0.25, 0.3) is 10.9 Å². The van der Waals surface area contributed by atoms with Gasteiger partial charge in [-0.2, -0.15) is 0 Å². The van der Waals surface area contributed by atoms with Crippen LogP contribution in [0.1, 0.15) is 11.3 Å². The number of methoxy groups -OCH3 is 1. The first-order chi connectivity index (χ1) is 7.13. The molecule has 0 amide bonds. The minimum Gasteiger partial charge on any atom is -0.494 e. The van der Waals surface area contributed by atoms with E-state index in [0.29, 0.717) is 0 Å². The molecule has 2 rings (SSSR count). The Morgan fingerprint density at radius 3 is 2.67 bits per heavy atom. The molecule has 1 heterocycles. The van der Waals surface area contributed by atoms with Crippen LogP contribution in [0.5, 0.6) is 5.75 Å². The fourth-order valence-corrected chi connectivity index (χ4v) is 2.85. The van der Waals surface area contributed by atoms with Crippen LogP contribution in [0.2, 0.25) is 0 Å². The van der Waals surface area contributed by atoms with Gasteiger partial charge in [-0.15, -0.1) is 0 Å². The molecule has 0 aliphatic heterocycles. The monoisotopic (exact) mass is 313 g/mol. The summed E-state index contributed by atoms with van der Waals surface area (Å²) in [7, 11) is 1.68. The summed E-state index contributed by atoms with van der Waals surface area (Å²) >= 11 is 2.35. The Morgan fingerprint density at radius 1 is 1.27 bits per heavy atom. The lowest BCUT2D eigenvalue weighted by molar-refractivity contribution is 0.418. The second-order valence-corrected chi connectivity index (χ2v) is 4.72. The van der Waals surface area contributed by atoms with Gasteiger partial charge in [0.2, 0.25) is 0 Å². The Bertz CT molecular complexity index is 523. The van der Waals surface area contributed by atoms with E-state index in [-0.39, 0.29) is 0 Å². The third kappa shape index (κ3) is 1.80. The van der Waals surface area contributed by atoms with Crippen molar-refractivity contribution in [2.75, 3.05) is 7.11 Å². The van der Waals surface area contributed by atoms with E-state index in [1.54, 1.807) is 7.11 Å². The summed E-state index contributed by atoms with van der Waals surface area (Å²) in [6.45, 7) is 4.10. The number of aryl methyl sites for hydroxylation is 2. The highest BCUT2D eigenvalue weighted by Gasteiger charge is 2.09. The van der Waals surface area contributed by atoms with Gasteiger partial charge in [0.05, 0.1) is 7.11 Å². The molecule has 0 bridgehead atoms. The number of aromatic nitrogens is 1.